The Morgan fingerprint density at radius 3 is 2.41 bits per heavy atom. The van der Waals surface area contributed by atoms with Crippen molar-refractivity contribution in [3.63, 3.8) is 0 Å². The molecule has 0 unspecified atom stereocenters. The summed E-state index contributed by atoms with van der Waals surface area (Å²) in [5.74, 6) is -0.584. The number of rotatable bonds is 10. The molecule has 27 heavy (non-hydrogen) atoms. The van der Waals surface area contributed by atoms with Crippen molar-refractivity contribution < 1.29 is 38.1 Å². The third-order valence-corrected chi connectivity index (χ3v) is 4.62. The molecule has 0 spiro atoms. The van der Waals surface area contributed by atoms with Crippen LogP contribution < -0.4 is 0 Å². The van der Waals surface area contributed by atoms with Gasteiger partial charge in [0.2, 0.25) is 5.91 Å². The van der Waals surface area contributed by atoms with E-state index in [2.05, 4.69) is 0 Å². The van der Waals surface area contributed by atoms with Crippen molar-refractivity contribution in [1.82, 2.24) is 9.80 Å². The Morgan fingerprint density at radius 2 is 1.74 bits per heavy atom. The van der Waals surface area contributed by atoms with E-state index >= 15 is 0 Å². The fourth-order valence-corrected chi connectivity index (χ4v) is 3.16. The Labute approximate surface area is 158 Å². The number of cyclic esters (lactones) is 1. The lowest BCUT2D eigenvalue weighted by atomic mass is 10.0. The minimum atomic E-state index is -0.712. The first-order valence-electron chi connectivity index (χ1n) is 9.03. The summed E-state index contributed by atoms with van der Waals surface area (Å²) >= 11 is 0. The average Bonchev–Trinajstić information content (AvgIpc) is 3.08. The van der Waals surface area contributed by atoms with Crippen LogP contribution >= 0.6 is 0 Å². The molecule has 2 heterocycles. The first-order valence-corrected chi connectivity index (χ1v) is 9.03. The summed E-state index contributed by atoms with van der Waals surface area (Å²) in [4.78, 5) is 39.1. The summed E-state index contributed by atoms with van der Waals surface area (Å²) in [7, 11) is 2.89. The van der Waals surface area contributed by atoms with Crippen LogP contribution in [0, 0.1) is 0 Å². The van der Waals surface area contributed by atoms with Crippen LogP contribution in [-0.4, -0.2) is 107 Å². The largest absolute Gasteiger partial charge is 0.467 e. The van der Waals surface area contributed by atoms with Gasteiger partial charge in [0.05, 0.1) is 33.5 Å². The molecule has 0 bridgehead atoms. The number of hydrogen-bond donors (Lipinski definition) is 0. The molecule has 154 valence electrons. The van der Waals surface area contributed by atoms with Gasteiger partial charge < -0.3 is 28.6 Å². The maximum absolute atomic E-state index is 12.2. The molecule has 0 aromatic heterocycles. The van der Waals surface area contributed by atoms with E-state index in [-0.39, 0.29) is 25.2 Å². The maximum Gasteiger partial charge on any atom is 0.410 e. The number of ether oxygens (including phenoxy) is 5. The van der Waals surface area contributed by atoms with Crippen LogP contribution in [0.3, 0.4) is 0 Å². The highest BCUT2D eigenvalue weighted by molar-refractivity contribution is 5.84. The highest BCUT2D eigenvalue weighted by Crippen LogP contribution is 2.24. The van der Waals surface area contributed by atoms with E-state index in [1.807, 2.05) is 0 Å². The Morgan fingerprint density at radius 1 is 1.07 bits per heavy atom. The van der Waals surface area contributed by atoms with Crippen LogP contribution in [0.5, 0.6) is 0 Å². The molecule has 0 radical (unpaired) electrons. The number of piperidine rings is 1. The molecule has 0 aliphatic carbocycles. The maximum atomic E-state index is 12.2. The van der Waals surface area contributed by atoms with Gasteiger partial charge in [-0.1, -0.05) is 0 Å². The standard InChI is InChI=1S/C17H28N2O8/c1-23-7-8-25-9-10-26-12-15(20)18-5-3-13(4-6-18)19-14(16(21)24-2)11-27-17(19)22/h13-14H,3-12H2,1-2H3/t14-/m0/s1. The molecule has 2 saturated heterocycles. The second kappa shape index (κ2) is 11.1. The lowest BCUT2D eigenvalue weighted by Crippen LogP contribution is -2.52. The number of carbonyl (C=O) groups excluding carboxylic acids is 3. The SMILES string of the molecule is COCCOCCOCC(=O)N1CCC(N2C(=O)OC[C@H]2C(=O)OC)CC1. The first-order chi connectivity index (χ1) is 13.1. The van der Waals surface area contributed by atoms with Gasteiger partial charge in [0, 0.05) is 26.2 Å². The lowest BCUT2D eigenvalue weighted by molar-refractivity contribution is -0.146. The smallest absolute Gasteiger partial charge is 0.410 e. The number of nitrogens with zero attached hydrogens (tertiary/aromatic N) is 2. The van der Waals surface area contributed by atoms with Crippen molar-refractivity contribution in [3.8, 4) is 0 Å². The van der Waals surface area contributed by atoms with Gasteiger partial charge >= 0.3 is 12.1 Å². The molecule has 0 N–H and O–H groups in total. The molecule has 10 nitrogen and oxygen atoms in total. The summed E-state index contributed by atoms with van der Waals surface area (Å²) in [6.45, 7) is 2.75. The monoisotopic (exact) mass is 388 g/mol. The van der Waals surface area contributed by atoms with Crippen LogP contribution in [0.4, 0.5) is 4.79 Å². The van der Waals surface area contributed by atoms with Crippen molar-refractivity contribution >= 4 is 18.0 Å². The predicted molar refractivity (Wildman–Crippen MR) is 92.1 cm³/mol. The van der Waals surface area contributed by atoms with E-state index in [1.165, 1.54) is 12.0 Å². The Balaban J connectivity index is 1.69. The van der Waals surface area contributed by atoms with Gasteiger partial charge in [-0.3, -0.25) is 9.69 Å². The van der Waals surface area contributed by atoms with Crippen LogP contribution in [0.15, 0.2) is 0 Å². The van der Waals surface area contributed by atoms with Gasteiger partial charge in [-0.05, 0) is 12.8 Å². The molecule has 2 amide bonds. The second-order valence-corrected chi connectivity index (χ2v) is 6.29. The number of amides is 2. The summed E-state index contributed by atoms with van der Waals surface area (Å²) < 4.78 is 25.2. The zero-order chi connectivity index (χ0) is 19.6. The van der Waals surface area contributed by atoms with Crippen LogP contribution in [0.2, 0.25) is 0 Å². The number of esters is 1. The Bertz CT molecular complexity index is 507. The normalized spacial score (nSPS) is 20.7. The molecular formula is C17H28N2O8. The number of methoxy groups -OCH3 is 2. The minimum absolute atomic E-state index is 0.00490. The third kappa shape index (κ3) is 6.05. The molecule has 2 aliphatic rings. The fraction of sp³-hybridized carbons (Fsp3) is 0.824. The van der Waals surface area contributed by atoms with Gasteiger partial charge in [0.15, 0.2) is 6.04 Å². The van der Waals surface area contributed by atoms with Crippen LogP contribution in [0.1, 0.15) is 12.8 Å². The molecule has 2 aliphatic heterocycles. The van der Waals surface area contributed by atoms with Gasteiger partial charge in [-0.15, -0.1) is 0 Å². The van der Waals surface area contributed by atoms with E-state index in [1.54, 1.807) is 12.0 Å². The Hall–Kier alpha value is -1.91. The number of likely N-dealkylation sites (tertiary alicyclic amines) is 1. The molecular weight excluding hydrogens is 360 g/mol. The molecule has 2 fully saturated rings. The van der Waals surface area contributed by atoms with Crippen LogP contribution in [-0.2, 0) is 33.3 Å². The fourth-order valence-electron chi connectivity index (χ4n) is 3.16. The quantitative estimate of drug-likeness (QED) is 0.370. The van der Waals surface area contributed by atoms with Crippen molar-refractivity contribution in [2.45, 2.75) is 24.9 Å². The highest BCUT2D eigenvalue weighted by Gasteiger charge is 2.44. The number of carbonyl (C=O) groups is 3. The van der Waals surface area contributed by atoms with E-state index in [9.17, 15) is 14.4 Å². The third-order valence-electron chi connectivity index (χ3n) is 4.62. The number of hydrogen-bond acceptors (Lipinski definition) is 8. The van der Waals surface area contributed by atoms with Crippen molar-refractivity contribution in [1.29, 1.82) is 0 Å². The molecule has 2 rings (SSSR count). The molecule has 0 aromatic rings. The molecule has 0 saturated carbocycles. The summed E-state index contributed by atoms with van der Waals surface area (Å²) in [5, 5.41) is 0. The second-order valence-electron chi connectivity index (χ2n) is 6.29. The Kier molecular flexibility index (Phi) is 8.76. The average molecular weight is 388 g/mol. The molecule has 0 aromatic carbocycles. The van der Waals surface area contributed by atoms with Gasteiger partial charge in [-0.25, -0.2) is 9.59 Å². The van der Waals surface area contributed by atoms with Gasteiger partial charge in [0.1, 0.15) is 13.2 Å². The van der Waals surface area contributed by atoms with Crippen molar-refractivity contribution in [2.75, 3.05) is 67.0 Å². The van der Waals surface area contributed by atoms with Crippen LogP contribution in [0.25, 0.3) is 0 Å². The van der Waals surface area contributed by atoms with Gasteiger partial charge in [0.25, 0.3) is 0 Å². The summed E-state index contributed by atoms with van der Waals surface area (Å²) in [5.41, 5.74) is 0. The van der Waals surface area contributed by atoms with Gasteiger partial charge in [-0.2, -0.15) is 0 Å². The minimum Gasteiger partial charge on any atom is -0.467 e. The zero-order valence-corrected chi connectivity index (χ0v) is 15.9. The summed E-state index contributed by atoms with van der Waals surface area (Å²) in [6, 6.07) is -0.862. The van der Waals surface area contributed by atoms with Crippen molar-refractivity contribution in [2.24, 2.45) is 0 Å². The lowest BCUT2D eigenvalue weighted by Gasteiger charge is -2.37. The topological polar surface area (TPSA) is 104 Å². The zero-order valence-electron chi connectivity index (χ0n) is 15.9. The van der Waals surface area contributed by atoms with E-state index < -0.39 is 18.1 Å². The van der Waals surface area contributed by atoms with E-state index in [4.69, 9.17) is 23.7 Å². The molecule has 10 heteroatoms. The first kappa shape index (κ1) is 21.4. The predicted octanol–water partition coefficient (Wildman–Crippen LogP) is -0.349. The molecule has 1 atom stereocenters. The van der Waals surface area contributed by atoms with Crippen molar-refractivity contribution in [3.05, 3.63) is 0 Å². The summed E-state index contributed by atoms with van der Waals surface area (Å²) in [6.07, 6.45) is 0.648. The highest BCUT2D eigenvalue weighted by atomic mass is 16.6. The van der Waals surface area contributed by atoms with E-state index in [0.29, 0.717) is 52.4 Å². The van der Waals surface area contributed by atoms with E-state index in [0.717, 1.165) is 0 Å².